The molecule has 1 atom stereocenters. The van der Waals surface area contributed by atoms with Crippen molar-refractivity contribution in [3.05, 3.63) is 58.7 Å². The minimum atomic E-state index is -0.861. The maximum Gasteiger partial charge on any atom is 0.295 e. The highest BCUT2D eigenvalue weighted by atomic mass is 16.5. The predicted molar refractivity (Wildman–Crippen MR) is 118 cm³/mol. The molecule has 2 aromatic carbocycles. The van der Waals surface area contributed by atoms with Crippen LogP contribution in [-0.2, 0) is 14.3 Å². The van der Waals surface area contributed by atoms with Crippen molar-refractivity contribution in [1.82, 2.24) is 4.90 Å². The number of hydrogen-bond donors (Lipinski definition) is 1. The van der Waals surface area contributed by atoms with Crippen LogP contribution in [0.3, 0.4) is 0 Å². The van der Waals surface area contributed by atoms with E-state index in [9.17, 15) is 14.7 Å². The lowest BCUT2D eigenvalue weighted by Gasteiger charge is -2.26. The number of aryl methyl sites for hydroxylation is 1. The lowest BCUT2D eigenvalue weighted by atomic mass is 9.94. The van der Waals surface area contributed by atoms with Gasteiger partial charge in [-0.05, 0) is 24.6 Å². The van der Waals surface area contributed by atoms with Gasteiger partial charge in [0.05, 0.1) is 39.6 Å². The van der Waals surface area contributed by atoms with E-state index in [2.05, 4.69) is 0 Å². The van der Waals surface area contributed by atoms with Gasteiger partial charge in [0.1, 0.15) is 5.76 Å². The fourth-order valence-corrected chi connectivity index (χ4v) is 3.77. The fourth-order valence-electron chi connectivity index (χ4n) is 3.77. The maximum atomic E-state index is 13.0. The third kappa shape index (κ3) is 4.13. The molecule has 1 amide bonds. The molecule has 1 aliphatic heterocycles. The van der Waals surface area contributed by atoms with Crippen molar-refractivity contribution in [3.63, 3.8) is 0 Å². The maximum absolute atomic E-state index is 13.0. The molecule has 0 aliphatic carbocycles. The standard InChI is InChI=1S/C24H27NO7/c1-14-6-8-15(9-7-14)21(26)19-20(25(10-11-29-2)24(28)22(19)27)16-12-17(30-3)23(32-5)18(13-16)31-4/h6-9,12-13,20,26H,10-11H2,1-5H3/b21-19+/t20-/m0/s1. The molecule has 0 bridgehead atoms. The first-order valence-electron chi connectivity index (χ1n) is 10.0. The van der Waals surface area contributed by atoms with E-state index >= 15 is 0 Å². The number of likely N-dealkylation sites (tertiary alicyclic amines) is 1. The number of ketones is 1. The van der Waals surface area contributed by atoms with Gasteiger partial charge in [-0.2, -0.15) is 0 Å². The molecule has 1 aliphatic rings. The highest BCUT2D eigenvalue weighted by Crippen LogP contribution is 2.45. The van der Waals surface area contributed by atoms with Crippen LogP contribution in [0.25, 0.3) is 5.76 Å². The van der Waals surface area contributed by atoms with Crippen molar-refractivity contribution in [3.8, 4) is 17.2 Å². The van der Waals surface area contributed by atoms with Gasteiger partial charge < -0.3 is 29.0 Å². The van der Waals surface area contributed by atoms with Crippen LogP contribution in [0, 0.1) is 6.92 Å². The van der Waals surface area contributed by atoms with Gasteiger partial charge in [0.25, 0.3) is 11.7 Å². The molecule has 2 aromatic rings. The number of methoxy groups -OCH3 is 4. The molecule has 1 heterocycles. The fraction of sp³-hybridized carbons (Fsp3) is 0.333. The normalized spacial score (nSPS) is 17.5. The van der Waals surface area contributed by atoms with Gasteiger partial charge in [0.2, 0.25) is 5.75 Å². The van der Waals surface area contributed by atoms with Crippen LogP contribution in [0.15, 0.2) is 42.0 Å². The number of aliphatic hydroxyl groups excluding tert-OH is 1. The highest BCUT2D eigenvalue weighted by molar-refractivity contribution is 6.46. The summed E-state index contributed by atoms with van der Waals surface area (Å²) in [5.41, 5.74) is 1.97. The SMILES string of the molecule is COCCN1C(=O)C(=O)/C(=C(/O)c2ccc(C)cc2)[C@@H]1c1cc(OC)c(OC)c(OC)c1. The van der Waals surface area contributed by atoms with Crippen LogP contribution >= 0.6 is 0 Å². The summed E-state index contributed by atoms with van der Waals surface area (Å²) in [5, 5.41) is 11.1. The molecule has 0 unspecified atom stereocenters. The van der Waals surface area contributed by atoms with Gasteiger partial charge in [-0.15, -0.1) is 0 Å². The van der Waals surface area contributed by atoms with Gasteiger partial charge in [-0.1, -0.05) is 29.8 Å². The van der Waals surface area contributed by atoms with Crippen LogP contribution in [0.5, 0.6) is 17.2 Å². The minimum Gasteiger partial charge on any atom is -0.507 e. The number of carbonyl (C=O) groups excluding carboxylic acids is 2. The van der Waals surface area contributed by atoms with E-state index in [1.165, 1.54) is 33.3 Å². The van der Waals surface area contributed by atoms with E-state index in [0.717, 1.165) is 5.56 Å². The molecule has 1 N–H and O–H groups in total. The van der Waals surface area contributed by atoms with Gasteiger partial charge in [-0.25, -0.2) is 0 Å². The Hall–Kier alpha value is -3.52. The number of Topliss-reactive ketones (excluding diaryl/α,β-unsaturated/α-hetero) is 1. The lowest BCUT2D eigenvalue weighted by molar-refractivity contribution is -0.140. The number of nitrogens with zero attached hydrogens (tertiary/aromatic N) is 1. The molecule has 0 spiro atoms. The molecule has 1 fully saturated rings. The second-order valence-electron chi connectivity index (χ2n) is 7.31. The average Bonchev–Trinajstić information content (AvgIpc) is 3.06. The third-order valence-electron chi connectivity index (χ3n) is 5.40. The first-order valence-corrected chi connectivity index (χ1v) is 10.0. The zero-order chi connectivity index (χ0) is 23.4. The zero-order valence-electron chi connectivity index (χ0n) is 18.8. The van der Waals surface area contributed by atoms with Gasteiger partial charge in [-0.3, -0.25) is 9.59 Å². The molecule has 0 aromatic heterocycles. The predicted octanol–water partition coefficient (Wildman–Crippen LogP) is 3.09. The van der Waals surface area contributed by atoms with E-state index in [4.69, 9.17) is 18.9 Å². The molecule has 0 saturated carbocycles. The Balaban J connectivity index is 2.25. The molecule has 0 radical (unpaired) electrons. The van der Waals surface area contributed by atoms with Crippen LogP contribution in [0.4, 0.5) is 0 Å². The van der Waals surface area contributed by atoms with E-state index in [0.29, 0.717) is 28.4 Å². The summed E-state index contributed by atoms with van der Waals surface area (Å²) in [5.74, 6) is -0.607. The number of carbonyl (C=O) groups is 2. The zero-order valence-corrected chi connectivity index (χ0v) is 18.8. The highest BCUT2D eigenvalue weighted by Gasteiger charge is 2.46. The Bertz CT molecular complexity index is 1020. The van der Waals surface area contributed by atoms with Crippen molar-refractivity contribution < 1.29 is 33.6 Å². The lowest BCUT2D eigenvalue weighted by Crippen LogP contribution is -2.32. The Morgan fingerprint density at radius 2 is 1.56 bits per heavy atom. The number of hydrogen-bond acceptors (Lipinski definition) is 7. The van der Waals surface area contributed by atoms with E-state index in [1.54, 1.807) is 24.3 Å². The number of aliphatic hydroxyl groups is 1. The topological polar surface area (TPSA) is 94.5 Å². The summed E-state index contributed by atoms with van der Waals surface area (Å²) in [6.45, 7) is 2.30. The second-order valence-corrected chi connectivity index (χ2v) is 7.31. The van der Waals surface area contributed by atoms with E-state index < -0.39 is 17.7 Å². The molecule has 8 heteroatoms. The monoisotopic (exact) mass is 441 g/mol. The summed E-state index contributed by atoms with van der Waals surface area (Å²) < 4.78 is 21.4. The summed E-state index contributed by atoms with van der Waals surface area (Å²) in [7, 11) is 5.96. The number of amides is 1. The Morgan fingerprint density at radius 3 is 2.06 bits per heavy atom. The van der Waals surface area contributed by atoms with Gasteiger partial charge >= 0.3 is 0 Å². The van der Waals surface area contributed by atoms with Crippen LogP contribution < -0.4 is 14.2 Å². The van der Waals surface area contributed by atoms with Crippen LogP contribution in [-0.4, -0.2) is 63.3 Å². The summed E-state index contributed by atoms with van der Waals surface area (Å²) in [6, 6.07) is 9.54. The molecule has 3 rings (SSSR count). The van der Waals surface area contributed by atoms with Gasteiger partial charge in [0, 0.05) is 19.2 Å². The smallest absolute Gasteiger partial charge is 0.295 e. The van der Waals surface area contributed by atoms with E-state index in [1.807, 2.05) is 19.1 Å². The van der Waals surface area contributed by atoms with Crippen LogP contribution in [0.1, 0.15) is 22.7 Å². The van der Waals surface area contributed by atoms with E-state index in [-0.39, 0.29) is 24.5 Å². The quantitative estimate of drug-likeness (QED) is 0.382. The molecule has 32 heavy (non-hydrogen) atoms. The van der Waals surface area contributed by atoms with Crippen molar-refractivity contribution in [2.75, 3.05) is 41.6 Å². The Morgan fingerprint density at radius 1 is 0.969 bits per heavy atom. The molecular weight excluding hydrogens is 414 g/mol. The average molecular weight is 441 g/mol. The van der Waals surface area contributed by atoms with Crippen molar-refractivity contribution in [2.45, 2.75) is 13.0 Å². The van der Waals surface area contributed by atoms with Crippen molar-refractivity contribution in [2.24, 2.45) is 0 Å². The molecular formula is C24H27NO7. The third-order valence-corrected chi connectivity index (χ3v) is 5.40. The first-order chi connectivity index (χ1) is 15.4. The Kier molecular flexibility index (Phi) is 7.05. The van der Waals surface area contributed by atoms with Gasteiger partial charge in [0.15, 0.2) is 11.5 Å². The first kappa shape index (κ1) is 23.1. The molecule has 8 nitrogen and oxygen atoms in total. The molecule has 1 saturated heterocycles. The Labute approximate surface area is 187 Å². The number of benzene rings is 2. The summed E-state index contributed by atoms with van der Waals surface area (Å²) in [4.78, 5) is 27.3. The minimum absolute atomic E-state index is 0.00997. The molecule has 170 valence electrons. The van der Waals surface area contributed by atoms with Crippen LogP contribution in [0.2, 0.25) is 0 Å². The number of ether oxygens (including phenoxy) is 4. The summed E-state index contributed by atoms with van der Waals surface area (Å²) in [6.07, 6.45) is 0. The summed E-state index contributed by atoms with van der Waals surface area (Å²) >= 11 is 0. The van der Waals surface area contributed by atoms with Crippen molar-refractivity contribution >= 4 is 17.4 Å². The second kappa shape index (κ2) is 9.74. The van der Waals surface area contributed by atoms with Crippen molar-refractivity contribution in [1.29, 1.82) is 0 Å². The largest absolute Gasteiger partial charge is 0.507 e. The number of rotatable bonds is 8.